The highest BCUT2D eigenvalue weighted by atomic mass is 15.1. The lowest BCUT2D eigenvalue weighted by molar-refractivity contribution is 0.765. The lowest BCUT2D eigenvalue weighted by Gasteiger charge is -2.16. The van der Waals surface area contributed by atoms with Crippen LogP contribution in [0.5, 0.6) is 0 Å². The van der Waals surface area contributed by atoms with Crippen molar-refractivity contribution in [3.05, 3.63) is 42.0 Å². The predicted octanol–water partition coefficient (Wildman–Crippen LogP) is 3.60. The highest BCUT2D eigenvalue weighted by Crippen LogP contribution is 2.20. The maximum Gasteiger partial charge on any atom is 0.135 e. The Bertz CT molecular complexity index is 568. The molecule has 0 aliphatic heterocycles. The molecule has 0 spiro atoms. The normalized spacial score (nSPS) is 12.2. The zero-order valence-electron chi connectivity index (χ0n) is 13.1. The van der Waals surface area contributed by atoms with E-state index in [9.17, 15) is 0 Å². The molecule has 0 aliphatic rings. The van der Waals surface area contributed by atoms with E-state index in [1.165, 1.54) is 0 Å². The van der Waals surface area contributed by atoms with Crippen molar-refractivity contribution < 1.29 is 0 Å². The third kappa shape index (κ3) is 4.15. The summed E-state index contributed by atoms with van der Waals surface area (Å²) in [4.78, 5) is 13.5. The molecule has 0 bridgehead atoms. The van der Waals surface area contributed by atoms with Crippen molar-refractivity contribution in [3.63, 3.8) is 0 Å². The highest BCUT2D eigenvalue weighted by molar-refractivity contribution is 5.48. The van der Waals surface area contributed by atoms with Crippen LogP contribution in [-0.2, 0) is 0 Å². The van der Waals surface area contributed by atoms with E-state index >= 15 is 0 Å². The molecular weight excluding hydrogens is 262 g/mol. The van der Waals surface area contributed by atoms with E-state index in [0.29, 0.717) is 0 Å². The van der Waals surface area contributed by atoms with E-state index in [2.05, 4.69) is 53.3 Å². The van der Waals surface area contributed by atoms with E-state index in [1.807, 2.05) is 24.3 Å². The topological polar surface area (TPSA) is 62.7 Å². The minimum atomic E-state index is 0.0931. The van der Waals surface area contributed by atoms with E-state index in [1.54, 1.807) is 6.20 Å². The largest absolute Gasteiger partial charge is 0.370 e. The average Bonchev–Trinajstić information content (AvgIpc) is 2.48. The molecule has 0 aromatic carbocycles. The summed E-state index contributed by atoms with van der Waals surface area (Å²) in [5.41, 5.74) is 0.993. The van der Waals surface area contributed by atoms with Crippen molar-refractivity contribution >= 4 is 11.6 Å². The maximum atomic E-state index is 4.59. The van der Waals surface area contributed by atoms with Crippen LogP contribution in [0.15, 0.2) is 30.5 Å². The monoisotopic (exact) mass is 285 g/mol. The second-order valence-electron chi connectivity index (χ2n) is 5.30. The summed E-state index contributed by atoms with van der Waals surface area (Å²) < 4.78 is 0. The molecule has 2 aromatic rings. The van der Waals surface area contributed by atoms with Crippen molar-refractivity contribution in [3.8, 4) is 0 Å². The van der Waals surface area contributed by atoms with Gasteiger partial charge in [-0.25, -0.2) is 9.97 Å². The van der Waals surface area contributed by atoms with Gasteiger partial charge in [0, 0.05) is 24.7 Å². The van der Waals surface area contributed by atoms with Gasteiger partial charge in [-0.15, -0.1) is 0 Å². The average molecular weight is 285 g/mol. The van der Waals surface area contributed by atoms with Crippen molar-refractivity contribution in [1.29, 1.82) is 0 Å². The predicted molar refractivity (Wildman–Crippen MR) is 86.6 cm³/mol. The number of aromatic nitrogens is 3. The number of nitrogens with one attached hydrogen (secondary N) is 2. The first-order chi connectivity index (χ1) is 10.1. The third-order valence-electron chi connectivity index (χ3n) is 3.11. The molecule has 2 N–H and O–H groups in total. The molecule has 0 amide bonds. The SMILES string of the molecule is CCNc1cc(NC(C)c2ccccn2)nc(C(C)C)n1. The second kappa shape index (κ2) is 7.02. The Balaban J connectivity index is 2.22. The van der Waals surface area contributed by atoms with Crippen LogP contribution in [-0.4, -0.2) is 21.5 Å². The minimum Gasteiger partial charge on any atom is -0.370 e. The third-order valence-corrected chi connectivity index (χ3v) is 3.11. The number of hydrogen-bond donors (Lipinski definition) is 2. The first-order valence-electron chi connectivity index (χ1n) is 7.40. The van der Waals surface area contributed by atoms with Crippen LogP contribution in [0.2, 0.25) is 0 Å². The zero-order valence-corrected chi connectivity index (χ0v) is 13.1. The zero-order chi connectivity index (χ0) is 15.2. The van der Waals surface area contributed by atoms with Crippen molar-refractivity contribution in [2.24, 2.45) is 0 Å². The highest BCUT2D eigenvalue weighted by Gasteiger charge is 2.11. The van der Waals surface area contributed by atoms with Crippen LogP contribution in [0.25, 0.3) is 0 Å². The fourth-order valence-electron chi connectivity index (χ4n) is 2.00. The molecule has 0 fully saturated rings. The van der Waals surface area contributed by atoms with Gasteiger partial charge in [0.15, 0.2) is 0 Å². The van der Waals surface area contributed by atoms with Crippen LogP contribution >= 0.6 is 0 Å². The van der Waals surface area contributed by atoms with Gasteiger partial charge in [0.2, 0.25) is 0 Å². The van der Waals surface area contributed by atoms with Gasteiger partial charge in [-0.3, -0.25) is 4.98 Å². The molecule has 2 aromatic heterocycles. The minimum absolute atomic E-state index is 0.0931. The van der Waals surface area contributed by atoms with Crippen molar-refractivity contribution in [2.45, 2.75) is 39.7 Å². The Kier molecular flexibility index (Phi) is 5.09. The fourth-order valence-corrected chi connectivity index (χ4v) is 2.00. The van der Waals surface area contributed by atoms with Gasteiger partial charge in [0.25, 0.3) is 0 Å². The Labute approximate surface area is 126 Å². The van der Waals surface area contributed by atoms with Gasteiger partial charge in [0.05, 0.1) is 11.7 Å². The van der Waals surface area contributed by atoms with Gasteiger partial charge < -0.3 is 10.6 Å². The first-order valence-corrected chi connectivity index (χ1v) is 7.40. The quantitative estimate of drug-likeness (QED) is 0.849. The molecule has 0 saturated heterocycles. The van der Waals surface area contributed by atoms with E-state index in [4.69, 9.17) is 0 Å². The van der Waals surface area contributed by atoms with E-state index in [-0.39, 0.29) is 12.0 Å². The van der Waals surface area contributed by atoms with E-state index < -0.39 is 0 Å². The fraction of sp³-hybridized carbons (Fsp3) is 0.438. The summed E-state index contributed by atoms with van der Waals surface area (Å²) in [6.45, 7) is 9.16. The molecule has 112 valence electrons. The Hall–Kier alpha value is -2.17. The Morgan fingerprint density at radius 2 is 1.86 bits per heavy atom. The summed E-state index contributed by atoms with van der Waals surface area (Å²) >= 11 is 0. The molecule has 21 heavy (non-hydrogen) atoms. The lowest BCUT2D eigenvalue weighted by Crippen LogP contribution is -2.12. The second-order valence-corrected chi connectivity index (χ2v) is 5.30. The van der Waals surface area contributed by atoms with Crippen molar-refractivity contribution in [1.82, 2.24) is 15.0 Å². The number of anilines is 2. The summed E-state index contributed by atoms with van der Waals surface area (Å²) in [6.07, 6.45) is 1.80. The Morgan fingerprint density at radius 3 is 2.48 bits per heavy atom. The molecule has 2 rings (SSSR count). The first kappa shape index (κ1) is 15.2. The van der Waals surface area contributed by atoms with Gasteiger partial charge in [-0.1, -0.05) is 19.9 Å². The van der Waals surface area contributed by atoms with E-state index in [0.717, 1.165) is 29.7 Å². The summed E-state index contributed by atoms with van der Waals surface area (Å²) in [5.74, 6) is 2.80. The molecule has 2 heterocycles. The maximum absolute atomic E-state index is 4.59. The summed E-state index contributed by atoms with van der Waals surface area (Å²) in [5, 5.41) is 6.65. The standard InChI is InChI=1S/C16H23N5/c1-5-17-14-10-15(21-16(20-14)11(2)3)19-12(4)13-8-6-7-9-18-13/h6-12H,5H2,1-4H3,(H2,17,19,20,21). The molecule has 0 aliphatic carbocycles. The smallest absolute Gasteiger partial charge is 0.135 e. The number of rotatable bonds is 6. The van der Waals surface area contributed by atoms with Gasteiger partial charge >= 0.3 is 0 Å². The van der Waals surface area contributed by atoms with Crippen LogP contribution in [0, 0.1) is 0 Å². The summed E-state index contributed by atoms with van der Waals surface area (Å²) in [6, 6.07) is 7.95. The Morgan fingerprint density at radius 1 is 1.10 bits per heavy atom. The van der Waals surface area contributed by atoms with Crippen LogP contribution < -0.4 is 10.6 Å². The number of pyridine rings is 1. The molecule has 0 saturated carbocycles. The van der Waals surface area contributed by atoms with Crippen LogP contribution in [0.4, 0.5) is 11.6 Å². The molecule has 5 nitrogen and oxygen atoms in total. The summed E-state index contributed by atoms with van der Waals surface area (Å²) in [7, 11) is 0. The van der Waals surface area contributed by atoms with Crippen molar-refractivity contribution in [2.75, 3.05) is 17.2 Å². The molecule has 5 heteroatoms. The molecular formula is C16H23N5. The van der Waals surface area contributed by atoms with Gasteiger partial charge in [-0.2, -0.15) is 0 Å². The number of hydrogen-bond acceptors (Lipinski definition) is 5. The van der Waals surface area contributed by atoms with Crippen LogP contribution in [0.1, 0.15) is 51.2 Å². The molecule has 0 radical (unpaired) electrons. The molecule has 1 atom stereocenters. The number of nitrogens with zero attached hydrogens (tertiary/aromatic N) is 3. The van der Waals surface area contributed by atoms with Gasteiger partial charge in [0.1, 0.15) is 17.5 Å². The molecule has 1 unspecified atom stereocenters. The van der Waals surface area contributed by atoms with Gasteiger partial charge in [-0.05, 0) is 26.0 Å². The van der Waals surface area contributed by atoms with Crippen LogP contribution in [0.3, 0.4) is 0 Å². The lowest BCUT2D eigenvalue weighted by atomic mass is 10.2.